The van der Waals surface area contributed by atoms with Crippen LogP contribution in [0.25, 0.3) is 22.3 Å². The Labute approximate surface area is 249 Å². The van der Waals surface area contributed by atoms with Crippen molar-refractivity contribution in [3.05, 3.63) is 41.6 Å². The smallest absolute Gasteiger partial charge is 0.410 e. The number of piperazine rings is 1. The molecule has 0 radical (unpaired) electrons. The van der Waals surface area contributed by atoms with E-state index in [4.69, 9.17) is 14.5 Å². The number of aromatic nitrogens is 3. The predicted octanol–water partition coefficient (Wildman–Crippen LogP) is 6.75. The Kier molecular flexibility index (Phi) is 8.04. The summed E-state index contributed by atoms with van der Waals surface area (Å²) in [6, 6.07) is 9.23. The highest BCUT2D eigenvalue weighted by atomic mass is 16.6. The molecule has 9 nitrogen and oxygen atoms in total. The van der Waals surface area contributed by atoms with Gasteiger partial charge in [-0.3, -0.25) is 14.9 Å². The minimum atomic E-state index is -0.572. The summed E-state index contributed by atoms with van der Waals surface area (Å²) in [7, 11) is 0. The number of amides is 1. The molecule has 3 unspecified atom stereocenters. The zero-order valence-electron chi connectivity index (χ0n) is 26.5. The number of carbonyl (C=O) groups excluding carboxylic acids is 1. The minimum Gasteiger partial charge on any atom is -0.508 e. The fourth-order valence-electron chi connectivity index (χ4n) is 6.52. The van der Waals surface area contributed by atoms with Crippen molar-refractivity contribution in [2.75, 3.05) is 19.7 Å². The molecule has 3 atom stereocenters. The van der Waals surface area contributed by atoms with Crippen molar-refractivity contribution in [1.29, 1.82) is 0 Å². The summed E-state index contributed by atoms with van der Waals surface area (Å²) in [5.41, 5.74) is 3.06. The Morgan fingerprint density at radius 3 is 2.52 bits per heavy atom. The lowest BCUT2D eigenvalue weighted by Gasteiger charge is -2.59. The van der Waals surface area contributed by atoms with Crippen molar-refractivity contribution < 1.29 is 19.4 Å². The zero-order valence-corrected chi connectivity index (χ0v) is 26.5. The predicted molar refractivity (Wildman–Crippen MR) is 164 cm³/mol. The van der Waals surface area contributed by atoms with Gasteiger partial charge < -0.3 is 14.6 Å². The molecule has 9 heteroatoms. The number of pyridine rings is 1. The second kappa shape index (κ2) is 11.2. The lowest BCUT2D eigenvalue weighted by Crippen LogP contribution is -2.71. The number of aryl methyl sites for hydroxylation is 1. The first-order valence-electron chi connectivity index (χ1n) is 15.3. The summed E-state index contributed by atoms with van der Waals surface area (Å²) in [6.45, 7) is 18.5. The van der Waals surface area contributed by atoms with Crippen LogP contribution >= 0.6 is 0 Å². The second-order valence-electron chi connectivity index (χ2n) is 13.9. The Morgan fingerprint density at radius 1 is 1.19 bits per heavy atom. The van der Waals surface area contributed by atoms with Crippen molar-refractivity contribution in [3.8, 4) is 17.0 Å². The number of nitrogens with one attached hydrogen (secondary N) is 1. The van der Waals surface area contributed by atoms with Crippen LogP contribution in [0.15, 0.2) is 30.3 Å². The van der Waals surface area contributed by atoms with Crippen molar-refractivity contribution in [2.45, 2.75) is 110 Å². The molecule has 0 spiro atoms. The number of fused-ring (bicyclic) bond motifs is 1. The number of benzene rings is 1. The third-order valence-corrected chi connectivity index (χ3v) is 8.98. The molecule has 0 saturated carbocycles. The maximum atomic E-state index is 13.6. The summed E-state index contributed by atoms with van der Waals surface area (Å²) in [4.78, 5) is 23.0. The molecule has 2 aliphatic heterocycles. The second-order valence-corrected chi connectivity index (χ2v) is 13.9. The molecule has 4 heterocycles. The highest BCUT2D eigenvalue weighted by molar-refractivity contribution is 5.85. The lowest BCUT2D eigenvalue weighted by molar-refractivity contribution is -0.124. The third kappa shape index (κ3) is 5.86. The summed E-state index contributed by atoms with van der Waals surface area (Å²) in [5, 5.41) is 18.7. The fourth-order valence-corrected chi connectivity index (χ4v) is 6.52. The molecule has 2 fully saturated rings. The van der Waals surface area contributed by atoms with E-state index < -0.39 is 11.1 Å². The van der Waals surface area contributed by atoms with Gasteiger partial charge in [0.1, 0.15) is 11.4 Å². The first kappa shape index (κ1) is 30.3. The van der Waals surface area contributed by atoms with Crippen LogP contribution in [-0.2, 0) is 9.47 Å². The summed E-state index contributed by atoms with van der Waals surface area (Å²) < 4.78 is 12.5. The minimum absolute atomic E-state index is 0.0280. The molecule has 0 aliphatic carbocycles. The van der Waals surface area contributed by atoms with Crippen LogP contribution < -0.4 is 0 Å². The number of H-pyrrole nitrogens is 1. The lowest BCUT2D eigenvalue weighted by atomic mass is 9.81. The van der Waals surface area contributed by atoms with E-state index in [-0.39, 0.29) is 29.5 Å². The van der Waals surface area contributed by atoms with Gasteiger partial charge in [0.25, 0.3) is 0 Å². The molecule has 228 valence electrons. The first-order chi connectivity index (χ1) is 19.7. The zero-order chi connectivity index (χ0) is 30.4. The van der Waals surface area contributed by atoms with E-state index in [1.807, 2.05) is 44.7 Å². The van der Waals surface area contributed by atoms with E-state index in [1.54, 1.807) is 12.1 Å². The summed E-state index contributed by atoms with van der Waals surface area (Å²) in [5.74, 6) is 0.215. The summed E-state index contributed by atoms with van der Waals surface area (Å²) >= 11 is 0. The van der Waals surface area contributed by atoms with E-state index in [0.717, 1.165) is 60.2 Å². The van der Waals surface area contributed by atoms with Crippen molar-refractivity contribution >= 4 is 17.1 Å². The Morgan fingerprint density at radius 2 is 1.90 bits per heavy atom. The van der Waals surface area contributed by atoms with Gasteiger partial charge in [-0.05, 0) is 110 Å². The van der Waals surface area contributed by atoms with Crippen LogP contribution in [0, 0.1) is 6.92 Å². The van der Waals surface area contributed by atoms with Gasteiger partial charge in [0.15, 0.2) is 5.65 Å². The number of aromatic amines is 1. The molecule has 5 rings (SSSR count). The van der Waals surface area contributed by atoms with Gasteiger partial charge in [0.2, 0.25) is 0 Å². The average molecular weight is 578 g/mol. The van der Waals surface area contributed by atoms with Crippen LogP contribution in [0.5, 0.6) is 5.75 Å². The number of ether oxygens (including phenoxy) is 2. The van der Waals surface area contributed by atoms with E-state index in [0.29, 0.717) is 18.7 Å². The van der Waals surface area contributed by atoms with Crippen molar-refractivity contribution in [2.24, 2.45) is 0 Å². The molecule has 42 heavy (non-hydrogen) atoms. The van der Waals surface area contributed by atoms with Crippen LogP contribution in [0.2, 0.25) is 0 Å². The molecule has 2 aliphatic rings. The third-order valence-electron chi connectivity index (χ3n) is 8.98. The monoisotopic (exact) mass is 577 g/mol. The Balaban J connectivity index is 1.66. The average Bonchev–Trinajstić information content (AvgIpc) is 3.31. The van der Waals surface area contributed by atoms with Crippen molar-refractivity contribution in [1.82, 2.24) is 25.0 Å². The number of hydrogen-bond donors (Lipinski definition) is 2. The number of carbonyl (C=O) groups is 1. The molecular formula is C33H47N5O4. The largest absolute Gasteiger partial charge is 0.508 e. The van der Waals surface area contributed by atoms with Gasteiger partial charge in [-0.15, -0.1) is 0 Å². The van der Waals surface area contributed by atoms with Crippen LogP contribution in [0.1, 0.15) is 91.4 Å². The number of hydrogen-bond acceptors (Lipinski definition) is 7. The molecular weight excluding hydrogens is 530 g/mol. The number of phenolic OH excluding ortho intramolecular Hbond substituents is 1. The maximum absolute atomic E-state index is 13.6. The molecule has 2 saturated heterocycles. The van der Waals surface area contributed by atoms with Gasteiger partial charge >= 0.3 is 6.09 Å². The van der Waals surface area contributed by atoms with Crippen molar-refractivity contribution in [3.63, 3.8) is 0 Å². The molecule has 2 aromatic heterocycles. The maximum Gasteiger partial charge on any atom is 0.410 e. The highest BCUT2D eigenvalue weighted by Crippen LogP contribution is 2.45. The van der Waals surface area contributed by atoms with E-state index >= 15 is 0 Å². The highest BCUT2D eigenvalue weighted by Gasteiger charge is 2.52. The van der Waals surface area contributed by atoms with Gasteiger partial charge in [0.05, 0.1) is 23.4 Å². The topological polar surface area (TPSA) is 104 Å². The van der Waals surface area contributed by atoms with E-state index in [2.05, 4.69) is 48.9 Å². The van der Waals surface area contributed by atoms with Gasteiger partial charge in [0, 0.05) is 41.9 Å². The van der Waals surface area contributed by atoms with Gasteiger partial charge in [-0.1, -0.05) is 6.92 Å². The number of aromatic hydroxyl groups is 1. The molecule has 1 aromatic carbocycles. The molecule has 0 bridgehead atoms. The van der Waals surface area contributed by atoms with Crippen LogP contribution in [0.3, 0.4) is 0 Å². The quantitative estimate of drug-likeness (QED) is 0.346. The van der Waals surface area contributed by atoms with Crippen LogP contribution in [-0.4, -0.2) is 78.7 Å². The normalized spacial score (nSPS) is 24.1. The molecule has 2 N–H and O–H groups in total. The SMILES string of the molecule is CCC1(C)CN(C(c2cc(-c3ccc(O)cc3)nc3n[nH]c(C)c23)C2CCCCO2)C(C)(C)CN1C(=O)OC(C)(C)C. The van der Waals surface area contributed by atoms with E-state index in [1.165, 1.54) is 0 Å². The number of rotatable bonds is 5. The van der Waals surface area contributed by atoms with Crippen LogP contribution in [0.4, 0.5) is 4.79 Å². The van der Waals surface area contributed by atoms with Gasteiger partial charge in [-0.2, -0.15) is 5.10 Å². The fraction of sp³-hybridized carbons (Fsp3) is 0.606. The Bertz CT molecular complexity index is 1420. The standard InChI is InChI=1S/C33H47N5O4/c1-9-33(8)20-37(32(6,7)19-38(33)30(40)42-31(3,4)5)28(26-12-10-11-17-41-26)24-18-25(22-13-15-23(39)16-14-22)34-29-27(24)21(2)35-36-29/h13-16,18,26,28,39H,9-12,17,19-20H2,1-8H3,(H,34,35,36). The molecule has 3 aromatic rings. The van der Waals surface area contributed by atoms with Gasteiger partial charge in [-0.25, -0.2) is 9.78 Å². The number of phenols is 1. The molecule has 1 amide bonds. The Hall–Kier alpha value is -3.17. The first-order valence-corrected chi connectivity index (χ1v) is 15.3. The summed E-state index contributed by atoms with van der Waals surface area (Å²) in [6.07, 6.45) is 3.60. The van der Waals surface area contributed by atoms with E-state index in [9.17, 15) is 9.90 Å². The number of nitrogens with zero attached hydrogens (tertiary/aromatic N) is 4.